The maximum Gasteiger partial charge on any atom is 0.337 e. The number of hydrogen-bond acceptors (Lipinski definition) is 7. The Balaban J connectivity index is 2.00. The Bertz CT molecular complexity index is 795. The molecule has 26 heavy (non-hydrogen) atoms. The molecule has 0 bridgehead atoms. The highest BCUT2D eigenvalue weighted by Gasteiger charge is 2.27. The molecule has 0 saturated carbocycles. The molecule has 0 radical (unpaired) electrons. The lowest BCUT2D eigenvalue weighted by atomic mass is 10.0. The van der Waals surface area contributed by atoms with Gasteiger partial charge in [0.25, 0.3) is 0 Å². The van der Waals surface area contributed by atoms with Gasteiger partial charge < -0.3 is 20.1 Å². The summed E-state index contributed by atoms with van der Waals surface area (Å²) in [5, 5.41) is 0.479. The number of benzene rings is 1. The first kappa shape index (κ1) is 18.4. The molecule has 7 nitrogen and oxygen atoms in total. The van der Waals surface area contributed by atoms with Crippen LogP contribution in [-0.4, -0.2) is 42.8 Å². The minimum absolute atomic E-state index is 0.148. The first-order chi connectivity index (χ1) is 12.5. The van der Waals surface area contributed by atoms with Gasteiger partial charge in [0.15, 0.2) is 0 Å². The molecule has 138 valence electrons. The van der Waals surface area contributed by atoms with Crippen LogP contribution in [0.2, 0.25) is 5.02 Å². The zero-order valence-corrected chi connectivity index (χ0v) is 15.5. The predicted octanol–water partition coefficient (Wildman–Crippen LogP) is 2.78. The number of esters is 1. The van der Waals surface area contributed by atoms with Crippen molar-refractivity contribution in [3.8, 4) is 0 Å². The highest BCUT2D eigenvalue weighted by molar-refractivity contribution is 6.31. The highest BCUT2D eigenvalue weighted by Crippen LogP contribution is 2.33. The van der Waals surface area contributed by atoms with E-state index in [-0.39, 0.29) is 12.0 Å². The predicted molar refractivity (Wildman–Crippen MR) is 99.5 cm³/mol. The number of halogens is 1. The maximum absolute atomic E-state index is 11.7. The standard InChI is InChI=1S/C18H21ClN4O3/c1-11-8-16(22-18(20)21-11)23-6-3-7-26-10-15(23)13-5-4-12(9-14(13)19)17(24)25-2/h4-5,8-9,15H,3,6-7,10H2,1-2H3,(H2,20,21,22)/t15-/m0/s1. The molecule has 0 spiro atoms. The number of rotatable bonds is 3. The van der Waals surface area contributed by atoms with E-state index in [1.54, 1.807) is 12.1 Å². The van der Waals surface area contributed by atoms with Crippen molar-refractivity contribution in [1.29, 1.82) is 0 Å². The van der Waals surface area contributed by atoms with Gasteiger partial charge in [0.05, 0.1) is 25.3 Å². The number of aryl methyl sites for hydroxylation is 1. The summed E-state index contributed by atoms with van der Waals surface area (Å²) in [4.78, 5) is 22.4. The average molecular weight is 377 g/mol. The van der Waals surface area contributed by atoms with Crippen molar-refractivity contribution in [2.45, 2.75) is 19.4 Å². The monoisotopic (exact) mass is 376 g/mol. The molecule has 1 aliphatic rings. The Hall–Kier alpha value is -2.38. The average Bonchev–Trinajstić information content (AvgIpc) is 2.86. The van der Waals surface area contributed by atoms with Crippen LogP contribution >= 0.6 is 11.6 Å². The van der Waals surface area contributed by atoms with Gasteiger partial charge >= 0.3 is 5.97 Å². The van der Waals surface area contributed by atoms with E-state index < -0.39 is 5.97 Å². The summed E-state index contributed by atoms with van der Waals surface area (Å²) in [5.74, 6) is 0.543. The van der Waals surface area contributed by atoms with Crippen LogP contribution in [0.4, 0.5) is 11.8 Å². The smallest absolute Gasteiger partial charge is 0.337 e. The molecule has 2 heterocycles. The number of anilines is 2. The van der Waals surface area contributed by atoms with Crippen molar-refractivity contribution < 1.29 is 14.3 Å². The summed E-state index contributed by atoms with van der Waals surface area (Å²) in [5.41, 5.74) is 7.89. The summed E-state index contributed by atoms with van der Waals surface area (Å²) in [7, 11) is 1.34. The Morgan fingerprint density at radius 1 is 1.38 bits per heavy atom. The summed E-state index contributed by atoms with van der Waals surface area (Å²) in [6.07, 6.45) is 0.858. The lowest BCUT2D eigenvalue weighted by Crippen LogP contribution is -2.32. The topological polar surface area (TPSA) is 90.6 Å². The molecule has 1 fully saturated rings. The Morgan fingerprint density at radius 3 is 2.88 bits per heavy atom. The molecule has 0 amide bonds. The first-order valence-electron chi connectivity index (χ1n) is 8.33. The van der Waals surface area contributed by atoms with Crippen molar-refractivity contribution in [1.82, 2.24) is 9.97 Å². The molecule has 3 rings (SSSR count). The van der Waals surface area contributed by atoms with E-state index in [0.717, 1.165) is 30.0 Å². The van der Waals surface area contributed by atoms with Crippen molar-refractivity contribution in [3.63, 3.8) is 0 Å². The lowest BCUT2D eigenvalue weighted by molar-refractivity contribution is 0.0600. The van der Waals surface area contributed by atoms with Gasteiger partial charge in [0, 0.05) is 29.9 Å². The van der Waals surface area contributed by atoms with E-state index in [2.05, 4.69) is 14.9 Å². The fraction of sp³-hybridized carbons (Fsp3) is 0.389. The van der Waals surface area contributed by atoms with Crippen molar-refractivity contribution >= 4 is 29.3 Å². The maximum atomic E-state index is 11.7. The molecule has 1 saturated heterocycles. The van der Waals surface area contributed by atoms with Crippen LogP contribution in [0.3, 0.4) is 0 Å². The van der Waals surface area contributed by atoms with Crippen molar-refractivity contribution in [3.05, 3.63) is 46.1 Å². The van der Waals surface area contributed by atoms with Crippen LogP contribution < -0.4 is 10.6 Å². The third-order valence-electron chi connectivity index (χ3n) is 4.27. The number of nitrogens with two attached hydrogens (primary N) is 1. The fourth-order valence-corrected chi connectivity index (χ4v) is 3.38. The normalized spacial score (nSPS) is 17.7. The molecule has 1 aliphatic heterocycles. The fourth-order valence-electron chi connectivity index (χ4n) is 3.07. The number of hydrogen-bond donors (Lipinski definition) is 1. The largest absolute Gasteiger partial charge is 0.465 e. The number of nitrogen functional groups attached to an aromatic ring is 1. The molecular formula is C18H21ClN4O3. The number of carbonyl (C=O) groups is 1. The third kappa shape index (κ3) is 3.89. The molecule has 0 unspecified atom stereocenters. The quantitative estimate of drug-likeness (QED) is 0.823. The SMILES string of the molecule is COC(=O)c1ccc([C@@H]2COCCCN2c2cc(C)nc(N)n2)c(Cl)c1. The van der Waals surface area contributed by atoms with Gasteiger partial charge in [-0.15, -0.1) is 0 Å². The van der Waals surface area contributed by atoms with Crippen LogP contribution in [0.5, 0.6) is 0 Å². The molecule has 1 aromatic carbocycles. The number of carbonyl (C=O) groups excluding carboxylic acids is 1. The van der Waals surface area contributed by atoms with Crippen LogP contribution in [0.1, 0.15) is 34.1 Å². The summed E-state index contributed by atoms with van der Waals surface area (Å²) in [6.45, 7) is 3.74. The summed E-state index contributed by atoms with van der Waals surface area (Å²) in [6, 6.07) is 6.90. The van der Waals surface area contributed by atoms with E-state index >= 15 is 0 Å². The molecule has 8 heteroatoms. The van der Waals surface area contributed by atoms with E-state index in [4.69, 9.17) is 26.8 Å². The Labute approximate surface area is 157 Å². The van der Waals surface area contributed by atoms with E-state index in [1.165, 1.54) is 7.11 Å². The number of ether oxygens (including phenoxy) is 2. The van der Waals surface area contributed by atoms with Gasteiger partial charge in [0.1, 0.15) is 5.82 Å². The number of nitrogens with zero attached hydrogens (tertiary/aromatic N) is 3. The highest BCUT2D eigenvalue weighted by atomic mass is 35.5. The van der Waals surface area contributed by atoms with Crippen LogP contribution in [0.25, 0.3) is 0 Å². The molecule has 0 aliphatic carbocycles. The van der Waals surface area contributed by atoms with Gasteiger partial charge in [-0.05, 0) is 31.0 Å². The minimum Gasteiger partial charge on any atom is -0.465 e. The van der Waals surface area contributed by atoms with E-state index in [1.807, 2.05) is 19.1 Å². The van der Waals surface area contributed by atoms with Gasteiger partial charge in [-0.1, -0.05) is 17.7 Å². The second-order valence-corrected chi connectivity index (χ2v) is 6.50. The second-order valence-electron chi connectivity index (χ2n) is 6.09. The van der Waals surface area contributed by atoms with Crippen molar-refractivity contribution in [2.75, 3.05) is 37.5 Å². The van der Waals surface area contributed by atoms with Crippen LogP contribution in [-0.2, 0) is 9.47 Å². The third-order valence-corrected chi connectivity index (χ3v) is 4.60. The van der Waals surface area contributed by atoms with E-state index in [0.29, 0.717) is 23.8 Å². The molecular weight excluding hydrogens is 356 g/mol. The van der Waals surface area contributed by atoms with Gasteiger partial charge in [0.2, 0.25) is 5.95 Å². The van der Waals surface area contributed by atoms with Gasteiger partial charge in [-0.2, -0.15) is 4.98 Å². The van der Waals surface area contributed by atoms with Gasteiger partial charge in [-0.3, -0.25) is 0 Å². The zero-order chi connectivity index (χ0) is 18.7. The Morgan fingerprint density at radius 2 is 2.19 bits per heavy atom. The second kappa shape index (κ2) is 7.88. The molecule has 2 aromatic rings. The summed E-state index contributed by atoms with van der Waals surface area (Å²) >= 11 is 6.48. The molecule has 1 atom stereocenters. The minimum atomic E-state index is -0.424. The van der Waals surface area contributed by atoms with Crippen LogP contribution in [0, 0.1) is 6.92 Å². The lowest BCUT2D eigenvalue weighted by Gasteiger charge is -2.31. The van der Waals surface area contributed by atoms with Crippen LogP contribution in [0.15, 0.2) is 24.3 Å². The number of aromatic nitrogens is 2. The molecule has 2 N–H and O–H groups in total. The Kier molecular flexibility index (Phi) is 5.58. The first-order valence-corrected chi connectivity index (χ1v) is 8.70. The number of methoxy groups -OCH3 is 1. The molecule has 1 aromatic heterocycles. The van der Waals surface area contributed by atoms with E-state index in [9.17, 15) is 4.79 Å². The summed E-state index contributed by atoms with van der Waals surface area (Å²) < 4.78 is 10.5. The van der Waals surface area contributed by atoms with Gasteiger partial charge in [-0.25, -0.2) is 9.78 Å². The van der Waals surface area contributed by atoms with Crippen molar-refractivity contribution in [2.24, 2.45) is 0 Å². The zero-order valence-electron chi connectivity index (χ0n) is 14.7.